The summed E-state index contributed by atoms with van der Waals surface area (Å²) in [6.07, 6.45) is 24.6. The van der Waals surface area contributed by atoms with Crippen molar-refractivity contribution in [2.75, 3.05) is 0 Å². The number of esters is 1. The van der Waals surface area contributed by atoms with E-state index in [0.29, 0.717) is 6.42 Å². The van der Waals surface area contributed by atoms with Crippen LogP contribution in [0.4, 0.5) is 0 Å². The maximum absolute atomic E-state index is 11.9. The Labute approximate surface area is 206 Å². The van der Waals surface area contributed by atoms with Crippen molar-refractivity contribution in [2.45, 2.75) is 144 Å². The van der Waals surface area contributed by atoms with Gasteiger partial charge in [-0.25, -0.2) is 0 Å². The second kappa shape index (κ2) is 21.0. The van der Waals surface area contributed by atoms with Crippen molar-refractivity contribution in [1.29, 1.82) is 0 Å². The Bertz CT molecular complexity index is 629. The quantitative estimate of drug-likeness (QED) is 0.109. The summed E-state index contributed by atoms with van der Waals surface area (Å²) >= 11 is 0. The number of unbranched alkanes of at least 4 members (excludes halogenated alkanes) is 4. The lowest BCUT2D eigenvalue weighted by atomic mass is 10.0. The molecule has 0 aromatic rings. The second-order valence-corrected chi connectivity index (χ2v) is 10.1. The van der Waals surface area contributed by atoms with Crippen molar-refractivity contribution in [3.63, 3.8) is 0 Å². The van der Waals surface area contributed by atoms with Crippen LogP contribution >= 0.6 is 0 Å². The largest absolute Gasteiger partial charge is 0.463 e. The Balaban J connectivity index is 3.98. The molecule has 0 aliphatic rings. The number of carbonyl (C=O) groups is 1. The van der Waals surface area contributed by atoms with Gasteiger partial charge in [-0.1, -0.05) is 79.2 Å². The monoisotopic (exact) mass is 458 g/mol. The van der Waals surface area contributed by atoms with Crippen molar-refractivity contribution >= 4 is 5.97 Å². The van der Waals surface area contributed by atoms with Gasteiger partial charge in [0, 0.05) is 6.42 Å². The molecule has 0 aromatic carbocycles. The number of hydrogen-bond acceptors (Lipinski definition) is 2. The fourth-order valence-corrected chi connectivity index (χ4v) is 3.77. The van der Waals surface area contributed by atoms with E-state index in [1.165, 1.54) is 48.0 Å². The first-order chi connectivity index (χ1) is 15.7. The second-order valence-electron chi connectivity index (χ2n) is 10.1. The van der Waals surface area contributed by atoms with Crippen LogP contribution in [0.15, 0.2) is 46.6 Å². The molecular formula is C31H54O2. The molecule has 0 aromatic heterocycles. The van der Waals surface area contributed by atoms with Gasteiger partial charge in [0.15, 0.2) is 0 Å². The number of carbonyl (C=O) groups excluding carboxylic acids is 1. The minimum absolute atomic E-state index is 0.0119. The average Bonchev–Trinajstić information content (AvgIpc) is 2.73. The van der Waals surface area contributed by atoms with Gasteiger partial charge in [0.25, 0.3) is 0 Å². The van der Waals surface area contributed by atoms with Gasteiger partial charge in [-0.15, -0.1) is 0 Å². The summed E-state index contributed by atoms with van der Waals surface area (Å²) in [4.78, 5) is 11.9. The summed E-state index contributed by atoms with van der Waals surface area (Å²) in [6.45, 7) is 15.3. The van der Waals surface area contributed by atoms with Crippen LogP contribution in [-0.2, 0) is 9.53 Å². The molecular weight excluding hydrogens is 404 g/mol. The average molecular weight is 459 g/mol. The Morgan fingerprint density at radius 2 is 1.15 bits per heavy atom. The van der Waals surface area contributed by atoms with E-state index in [0.717, 1.165) is 57.8 Å². The highest BCUT2D eigenvalue weighted by Crippen LogP contribution is 2.15. The molecule has 0 heterocycles. The van der Waals surface area contributed by atoms with Crippen LogP contribution in [0.5, 0.6) is 0 Å². The van der Waals surface area contributed by atoms with Crippen LogP contribution < -0.4 is 0 Å². The molecule has 0 aliphatic heterocycles. The lowest BCUT2D eigenvalue weighted by Crippen LogP contribution is -2.14. The van der Waals surface area contributed by atoms with Gasteiger partial charge in [0.2, 0.25) is 0 Å². The van der Waals surface area contributed by atoms with Crippen molar-refractivity contribution in [2.24, 2.45) is 0 Å². The fourth-order valence-electron chi connectivity index (χ4n) is 3.77. The Kier molecular flexibility index (Phi) is 20.0. The minimum Gasteiger partial charge on any atom is -0.463 e. The van der Waals surface area contributed by atoms with Gasteiger partial charge in [0.1, 0.15) is 0 Å². The van der Waals surface area contributed by atoms with E-state index in [-0.39, 0.29) is 12.1 Å². The standard InChI is InChI=1S/C31H54O2/c1-8-9-10-11-12-25-31(32)33-30(7)24-16-23-29(6)22-15-21-28(5)20-14-19-27(4)18-13-17-26(2)3/h17,19,21,23,30H,8-16,18,20,22,24-25H2,1-7H3/b27-19+,28-21+,29-23+. The van der Waals surface area contributed by atoms with Crippen LogP contribution in [0.2, 0.25) is 0 Å². The lowest BCUT2D eigenvalue weighted by molar-refractivity contribution is -0.148. The van der Waals surface area contributed by atoms with E-state index in [2.05, 4.69) is 65.8 Å². The third-order valence-corrected chi connectivity index (χ3v) is 6.04. The maximum Gasteiger partial charge on any atom is 0.306 e. The molecule has 33 heavy (non-hydrogen) atoms. The smallest absolute Gasteiger partial charge is 0.306 e. The van der Waals surface area contributed by atoms with Gasteiger partial charge in [0.05, 0.1) is 6.10 Å². The van der Waals surface area contributed by atoms with Crippen LogP contribution in [0.25, 0.3) is 0 Å². The minimum atomic E-state index is -0.0294. The van der Waals surface area contributed by atoms with Crippen molar-refractivity contribution < 1.29 is 9.53 Å². The summed E-state index contributed by atoms with van der Waals surface area (Å²) in [5, 5.41) is 0. The summed E-state index contributed by atoms with van der Waals surface area (Å²) in [5.74, 6) is -0.0294. The molecule has 1 unspecified atom stereocenters. The molecule has 1 atom stereocenters. The number of ether oxygens (including phenoxy) is 1. The van der Waals surface area contributed by atoms with Crippen LogP contribution in [-0.4, -0.2) is 12.1 Å². The van der Waals surface area contributed by atoms with Crippen molar-refractivity contribution in [1.82, 2.24) is 0 Å². The lowest BCUT2D eigenvalue weighted by Gasteiger charge is -2.12. The Hall–Kier alpha value is -1.57. The molecule has 0 radical (unpaired) electrons. The topological polar surface area (TPSA) is 26.3 Å². The molecule has 0 fully saturated rings. The molecule has 0 amide bonds. The Morgan fingerprint density at radius 1 is 0.667 bits per heavy atom. The summed E-state index contributed by atoms with van der Waals surface area (Å²) in [5.41, 5.74) is 5.84. The maximum atomic E-state index is 11.9. The van der Waals surface area contributed by atoms with E-state index in [4.69, 9.17) is 4.74 Å². The molecule has 0 aliphatic carbocycles. The van der Waals surface area contributed by atoms with E-state index in [9.17, 15) is 4.79 Å². The van der Waals surface area contributed by atoms with Gasteiger partial charge < -0.3 is 4.74 Å². The Morgan fingerprint density at radius 3 is 1.67 bits per heavy atom. The summed E-state index contributed by atoms with van der Waals surface area (Å²) < 4.78 is 5.55. The molecule has 0 bridgehead atoms. The van der Waals surface area contributed by atoms with Gasteiger partial charge in [-0.3, -0.25) is 4.79 Å². The van der Waals surface area contributed by atoms with Gasteiger partial charge in [-0.2, -0.15) is 0 Å². The van der Waals surface area contributed by atoms with Gasteiger partial charge in [-0.05, 0) is 99.3 Å². The zero-order valence-corrected chi connectivity index (χ0v) is 23.1. The SMILES string of the molecule is CCCCCCCC(=O)OC(C)CC/C=C(\C)CC/C=C(\C)CC/C=C(\C)CCC=C(C)C. The molecule has 0 N–H and O–H groups in total. The summed E-state index contributed by atoms with van der Waals surface area (Å²) in [6, 6.07) is 0. The third kappa shape index (κ3) is 22.0. The van der Waals surface area contributed by atoms with E-state index < -0.39 is 0 Å². The van der Waals surface area contributed by atoms with Crippen LogP contribution in [0.1, 0.15) is 138 Å². The molecule has 190 valence electrons. The van der Waals surface area contributed by atoms with Crippen LogP contribution in [0, 0.1) is 0 Å². The number of allylic oxidation sites excluding steroid dienone is 8. The molecule has 2 heteroatoms. The van der Waals surface area contributed by atoms with E-state index >= 15 is 0 Å². The van der Waals surface area contributed by atoms with Gasteiger partial charge >= 0.3 is 5.97 Å². The van der Waals surface area contributed by atoms with E-state index in [1.54, 1.807) is 0 Å². The number of rotatable bonds is 19. The fraction of sp³-hybridized carbons (Fsp3) is 0.710. The molecule has 0 saturated carbocycles. The van der Waals surface area contributed by atoms with E-state index in [1.807, 2.05) is 6.92 Å². The first-order valence-electron chi connectivity index (χ1n) is 13.5. The third-order valence-electron chi connectivity index (χ3n) is 6.04. The summed E-state index contributed by atoms with van der Waals surface area (Å²) in [7, 11) is 0. The molecule has 0 spiro atoms. The zero-order chi connectivity index (χ0) is 24.9. The molecule has 2 nitrogen and oxygen atoms in total. The first-order valence-corrected chi connectivity index (χ1v) is 13.5. The molecule has 0 rings (SSSR count). The highest BCUT2D eigenvalue weighted by molar-refractivity contribution is 5.69. The first kappa shape index (κ1) is 31.4. The zero-order valence-electron chi connectivity index (χ0n) is 23.1. The number of hydrogen-bond donors (Lipinski definition) is 0. The predicted octanol–water partition coefficient (Wildman–Crippen LogP) is 10.2. The normalized spacial score (nSPS) is 13.7. The highest BCUT2D eigenvalue weighted by Gasteiger charge is 2.08. The predicted molar refractivity (Wildman–Crippen MR) is 147 cm³/mol. The van der Waals surface area contributed by atoms with Crippen LogP contribution in [0.3, 0.4) is 0 Å². The highest BCUT2D eigenvalue weighted by atomic mass is 16.5. The van der Waals surface area contributed by atoms with Crippen molar-refractivity contribution in [3.05, 3.63) is 46.6 Å². The van der Waals surface area contributed by atoms with Crippen molar-refractivity contribution in [3.8, 4) is 0 Å². The molecule has 0 saturated heterocycles.